The molecule has 3 N–H and O–H groups in total. The number of hydrazine groups is 1. The molecule has 8 atom stereocenters. The van der Waals surface area contributed by atoms with Crippen LogP contribution in [0.5, 0.6) is 0 Å². The van der Waals surface area contributed by atoms with Crippen LogP contribution in [0.25, 0.3) is 0 Å². The fraction of sp³-hybridized carbons (Fsp3) is 0.966. The number of piperidine rings is 1. The molecule has 0 aromatic heterocycles. The first-order valence-corrected chi connectivity index (χ1v) is 15.6. The molecule has 0 bridgehead atoms. The molecule has 0 aromatic carbocycles. The van der Waals surface area contributed by atoms with Crippen molar-refractivity contribution in [2.75, 3.05) is 46.6 Å². The fourth-order valence-corrected chi connectivity index (χ4v) is 9.19. The van der Waals surface area contributed by atoms with Crippen LogP contribution in [0.3, 0.4) is 0 Å². The highest BCUT2D eigenvalue weighted by atomic mass is 16.5. The number of likely N-dealkylation sites (tertiary alicyclic amines) is 2. The first kappa shape index (κ1) is 25.2. The summed E-state index contributed by atoms with van der Waals surface area (Å²) in [7, 11) is 2.20. The van der Waals surface area contributed by atoms with Crippen LogP contribution in [0.2, 0.25) is 0 Å². The molecule has 8 heteroatoms. The fourth-order valence-electron chi connectivity index (χ4n) is 9.19. The minimum absolute atomic E-state index is 0.241. The van der Waals surface area contributed by atoms with Crippen molar-refractivity contribution in [3.05, 3.63) is 0 Å². The van der Waals surface area contributed by atoms with Crippen molar-refractivity contribution >= 4 is 5.91 Å². The summed E-state index contributed by atoms with van der Waals surface area (Å²) >= 11 is 0. The number of fused-ring (bicyclic) bond motifs is 1. The summed E-state index contributed by atoms with van der Waals surface area (Å²) in [6.07, 6.45) is 12.8. The van der Waals surface area contributed by atoms with Gasteiger partial charge in [0.25, 0.3) is 0 Å². The van der Waals surface area contributed by atoms with E-state index < -0.39 is 0 Å². The topological polar surface area (TPSA) is 72.1 Å². The molecule has 0 radical (unpaired) electrons. The minimum Gasteiger partial charge on any atom is -0.380 e. The molecule has 5 heterocycles. The highest BCUT2D eigenvalue weighted by Gasteiger charge is 2.56. The van der Waals surface area contributed by atoms with Crippen molar-refractivity contribution in [3.8, 4) is 0 Å². The van der Waals surface area contributed by atoms with Crippen LogP contribution < -0.4 is 16.2 Å². The number of rotatable bonds is 7. The van der Waals surface area contributed by atoms with Gasteiger partial charge in [0.2, 0.25) is 5.91 Å². The maximum absolute atomic E-state index is 14.1. The summed E-state index contributed by atoms with van der Waals surface area (Å²) in [6, 6.07) is 1.98. The average molecular weight is 515 g/mol. The number of carbonyl (C=O) groups is 1. The van der Waals surface area contributed by atoms with Gasteiger partial charge >= 0.3 is 0 Å². The van der Waals surface area contributed by atoms with Gasteiger partial charge in [-0.2, -0.15) is 0 Å². The number of ether oxygens (including phenoxy) is 1. The molecule has 5 aliphatic heterocycles. The predicted molar refractivity (Wildman–Crippen MR) is 143 cm³/mol. The summed E-state index contributed by atoms with van der Waals surface area (Å²) in [4.78, 5) is 21.6. The summed E-state index contributed by atoms with van der Waals surface area (Å²) in [6.45, 7) is 8.56. The van der Waals surface area contributed by atoms with Gasteiger partial charge in [0.05, 0.1) is 26.0 Å². The SMILES string of the molecule is CC(C1CC2C(=O)N(C3CCCC(C4(CC5NNCN5C)COC4)C3)CC2C(C2CC2)N1)N1CCCC1. The molecule has 8 unspecified atom stereocenters. The second-order valence-electron chi connectivity index (χ2n) is 13.9. The van der Waals surface area contributed by atoms with Crippen molar-refractivity contribution in [3.63, 3.8) is 0 Å². The quantitative estimate of drug-likeness (QED) is 0.480. The Morgan fingerprint density at radius 3 is 2.57 bits per heavy atom. The Hall–Kier alpha value is -0.770. The van der Waals surface area contributed by atoms with Gasteiger partial charge in [-0.25, -0.2) is 10.9 Å². The van der Waals surface area contributed by atoms with Crippen LogP contribution in [0.4, 0.5) is 0 Å². The Morgan fingerprint density at radius 1 is 1.08 bits per heavy atom. The van der Waals surface area contributed by atoms with Gasteiger partial charge in [0.15, 0.2) is 0 Å². The van der Waals surface area contributed by atoms with Crippen molar-refractivity contribution in [2.45, 2.75) is 101 Å². The van der Waals surface area contributed by atoms with Gasteiger partial charge in [-0.1, -0.05) is 6.42 Å². The van der Waals surface area contributed by atoms with Gasteiger partial charge in [-0.3, -0.25) is 14.6 Å². The Morgan fingerprint density at radius 2 is 1.89 bits per heavy atom. The van der Waals surface area contributed by atoms with E-state index in [0.717, 1.165) is 45.2 Å². The van der Waals surface area contributed by atoms with Crippen molar-refractivity contribution in [1.82, 2.24) is 30.9 Å². The molecule has 2 saturated carbocycles. The largest absolute Gasteiger partial charge is 0.380 e. The molecule has 208 valence electrons. The Bertz CT molecular complexity index is 842. The van der Waals surface area contributed by atoms with E-state index in [-0.39, 0.29) is 11.3 Å². The first-order valence-electron chi connectivity index (χ1n) is 15.6. The lowest BCUT2D eigenvalue weighted by Crippen LogP contribution is -2.59. The normalized spacial score (nSPS) is 43.7. The number of amides is 1. The maximum Gasteiger partial charge on any atom is 0.226 e. The lowest BCUT2D eigenvalue weighted by Gasteiger charge is -2.52. The lowest BCUT2D eigenvalue weighted by molar-refractivity contribution is -0.169. The standard InChI is InChI=1S/C29H50N6O2/c1-19(34-10-3-4-11-34)25-13-23-24(27(31-25)20-8-9-20)15-35(28(23)36)22-7-5-6-21(12-22)29(16-37-17-29)14-26-32-30-18-33(26)2/h19-27,30-32H,3-18H2,1-2H3. The van der Waals surface area contributed by atoms with E-state index in [1.54, 1.807) is 0 Å². The van der Waals surface area contributed by atoms with Crippen molar-refractivity contribution in [1.29, 1.82) is 0 Å². The summed E-state index contributed by atoms with van der Waals surface area (Å²) < 4.78 is 5.86. The third-order valence-corrected chi connectivity index (χ3v) is 11.8. The van der Waals surface area contributed by atoms with Gasteiger partial charge in [0, 0.05) is 48.0 Å². The molecule has 8 nitrogen and oxygen atoms in total. The zero-order chi connectivity index (χ0) is 25.1. The van der Waals surface area contributed by atoms with Gasteiger partial charge < -0.3 is 15.0 Å². The van der Waals surface area contributed by atoms with E-state index in [4.69, 9.17) is 4.74 Å². The number of nitrogens with one attached hydrogen (secondary N) is 3. The molecule has 7 aliphatic rings. The number of hydrogen-bond donors (Lipinski definition) is 3. The first-order chi connectivity index (χ1) is 18.0. The van der Waals surface area contributed by atoms with E-state index in [9.17, 15) is 4.79 Å². The van der Waals surface area contributed by atoms with Crippen LogP contribution in [-0.2, 0) is 9.53 Å². The van der Waals surface area contributed by atoms with Crippen LogP contribution in [0.1, 0.15) is 71.1 Å². The Labute approximate surface area is 223 Å². The van der Waals surface area contributed by atoms with Crippen molar-refractivity contribution in [2.24, 2.45) is 29.1 Å². The zero-order valence-electron chi connectivity index (χ0n) is 23.2. The predicted octanol–water partition coefficient (Wildman–Crippen LogP) is 1.97. The van der Waals surface area contributed by atoms with E-state index in [1.165, 1.54) is 64.5 Å². The Balaban J connectivity index is 1.05. The zero-order valence-corrected chi connectivity index (χ0v) is 23.2. The van der Waals surface area contributed by atoms with Gasteiger partial charge in [-0.05, 0) is 96.7 Å². The number of nitrogens with zero attached hydrogens (tertiary/aromatic N) is 3. The van der Waals surface area contributed by atoms with E-state index in [2.05, 4.69) is 44.8 Å². The maximum atomic E-state index is 14.1. The third-order valence-electron chi connectivity index (χ3n) is 11.8. The van der Waals surface area contributed by atoms with Crippen LogP contribution >= 0.6 is 0 Å². The summed E-state index contributed by atoms with van der Waals surface area (Å²) in [5.41, 5.74) is 7.05. The molecule has 7 fully saturated rings. The molecule has 37 heavy (non-hydrogen) atoms. The minimum atomic E-state index is 0.241. The van der Waals surface area contributed by atoms with Crippen LogP contribution in [0.15, 0.2) is 0 Å². The second-order valence-corrected chi connectivity index (χ2v) is 13.9. The van der Waals surface area contributed by atoms with Gasteiger partial charge in [0.1, 0.15) is 0 Å². The summed E-state index contributed by atoms with van der Waals surface area (Å²) in [5, 5.41) is 4.15. The molecule has 1 amide bonds. The number of hydrogen-bond acceptors (Lipinski definition) is 7. The molecular weight excluding hydrogens is 464 g/mol. The van der Waals surface area contributed by atoms with E-state index >= 15 is 0 Å². The highest BCUT2D eigenvalue weighted by Crippen LogP contribution is 2.50. The summed E-state index contributed by atoms with van der Waals surface area (Å²) in [5.74, 6) is 2.72. The van der Waals surface area contributed by atoms with Crippen LogP contribution in [-0.4, -0.2) is 97.5 Å². The average Bonchev–Trinajstić information content (AvgIpc) is 3.26. The monoisotopic (exact) mass is 514 g/mol. The molecule has 7 rings (SSSR count). The molecular formula is C29H50N6O2. The van der Waals surface area contributed by atoms with E-state index in [1.807, 2.05) is 0 Å². The van der Waals surface area contributed by atoms with E-state index in [0.29, 0.717) is 48.1 Å². The second kappa shape index (κ2) is 10.0. The van der Waals surface area contributed by atoms with Crippen molar-refractivity contribution < 1.29 is 9.53 Å². The Kier molecular flexibility index (Phi) is 6.82. The molecule has 0 aromatic rings. The molecule has 2 aliphatic carbocycles. The highest BCUT2D eigenvalue weighted by molar-refractivity contribution is 5.82. The smallest absolute Gasteiger partial charge is 0.226 e. The van der Waals surface area contributed by atoms with Crippen LogP contribution in [0, 0.1) is 29.1 Å². The third kappa shape index (κ3) is 4.57. The molecule has 5 saturated heterocycles. The molecule has 0 spiro atoms. The lowest BCUT2D eigenvalue weighted by atomic mass is 9.64. The number of carbonyl (C=O) groups excluding carboxylic acids is 1. The van der Waals surface area contributed by atoms with Gasteiger partial charge in [-0.15, -0.1) is 0 Å².